The fourth-order valence-corrected chi connectivity index (χ4v) is 2.08. The third-order valence-electron chi connectivity index (χ3n) is 3.04. The predicted octanol–water partition coefficient (Wildman–Crippen LogP) is 0.954. The summed E-state index contributed by atoms with van der Waals surface area (Å²) in [4.78, 5) is 21.6. The summed E-state index contributed by atoms with van der Waals surface area (Å²) in [6.07, 6.45) is 4.90. The Morgan fingerprint density at radius 1 is 1.41 bits per heavy atom. The lowest BCUT2D eigenvalue weighted by Gasteiger charge is -2.31. The number of carbonyl (C=O) groups excluding carboxylic acids is 1. The number of nitrogens with zero attached hydrogens (tertiary/aromatic N) is 3. The molecule has 1 N–H and O–H groups in total. The van der Waals surface area contributed by atoms with Crippen LogP contribution < -0.4 is 5.32 Å². The molecule has 6 heteroatoms. The highest BCUT2D eigenvalue weighted by Crippen LogP contribution is 2.13. The second-order valence-corrected chi connectivity index (χ2v) is 4.48. The molecule has 92 valence electrons. The Balaban J connectivity index is 2.05. The number of rotatable bonds is 2. The molecular weight excluding hydrogens is 240 g/mol. The molecule has 17 heavy (non-hydrogen) atoms. The Labute approximate surface area is 105 Å². The Morgan fingerprint density at radius 3 is 2.59 bits per heavy atom. The molecule has 0 unspecified atom stereocenters. The molecule has 0 bridgehead atoms. The van der Waals surface area contributed by atoms with E-state index in [1.54, 1.807) is 4.90 Å². The maximum Gasteiger partial charge on any atom is 0.256 e. The molecule has 0 atom stereocenters. The molecule has 2 rings (SSSR count). The molecule has 0 radical (unpaired) electrons. The molecule has 0 spiro atoms. The summed E-state index contributed by atoms with van der Waals surface area (Å²) in [7, 11) is 1.83. The van der Waals surface area contributed by atoms with E-state index in [4.69, 9.17) is 11.6 Å². The fourth-order valence-electron chi connectivity index (χ4n) is 1.99. The number of carbonyl (C=O) groups is 1. The zero-order valence-electron chi connectivity index (χ0n) is 9.69. The van der Waals surface area contributed by atoms with Gasteiger partial charge in [-0.25, -0.2) is 9.97 Å². The van der Waals surface area contributed by atoms with Gasteiger partial charge in [0.15, 0.2) is 0 Å². The second kappa shape index (κ2) is 5.42. The van der Waals surface area contributed by atoms with Gasteiger partial charge in [0, 0.05) is 25.5 Å². The van der Waals surface area contributed by atoms with E-state index in [0.29, 0.717) is 11.6 Å². The Morgan fingerprint density at radius 2 is 2.00 bits per heavy atom. The first kappa shape index (κ1) is 12.3. The van der Waals surface area contributed by atoms with Crippen molar-refractivity contribution >= 4 is 17.5 Å². The van der Waals surface area contributed by atoms with Crippen LogP contribution in [-0.4, -0.2) is 47.0 Å². The molecule has 0 aromatic carbocycles. The van der Waals surface area contributed by atoms with Gasteiger partial charge in [0.05, 0.1) is 5.56 Å². The standard InChI is InChI=1S/C11H15ClN4O/c1-16(9-2-4-13-5-3-9)10(17)8-6-14-11(12)15-7-8/h6-7,9,13H,2-5H2,1H3. The van der Waals surface area contributed by atoms with Crippen molar-refractivity contribution in [2.75, 3.05) is 20.1 Å². The first-order valence-electron chi connectivity index (χ1n) is 5.64. The van der Waals surface area contributed by atoms with E-state index in [1.165, 1.54) is 12.4 Å². The van der Waals surface area contributed by atoms with Gasteiger partial charge < -0.3 is 10.2 Å². The summed E-state index contributed by atoms with van der Waals surface area (Å²) < 4.78 is 0. The molecule has 2 heterocycles. The average molecular weight is 255 g/mol. The third kappa shape index (κ3) is 2.92. The van der Waals surface area contributed by atoms with Gasteiger partial charge in [0.25, 0.3) is 5.91 Å². The average Bonchev–Trinajstić information content (AvgIpc) is 2.39. The van der Waals surface area contributed by atoms with Crippen LogP contribution in [0.2, 0.25) is 5.28 Å². The van der Waals surface area contributed by atoms with Crippen LogP contribution in [0.1, 0.15) is 23.2 Å². The minimum Gasteiger partial charge on any atom is -0.339 e. The highest BCUT2D eigenvalue weighted by atomic mass is 35.5. The quantitative estimate of drug-likeness (QED) is 0.799. The van der Waals surface area contributed by atoms with Gasteiger partial charge in [0.2, 0.25) is 5.28 Å². The zero-order chi connectivity index (χ0) is 12.3. The number of piperidine rings is 1. The van der Waals surface area contributed by atoms with Crippen molar-refractivity contribution in [2.45, 2.75) is 18.9 Å². The SMILES string of the molecule is CN(C(=O)c1cnc(Cl)nc1)C1CCNCC1. The largest absolute Gasteiger partial charge is 0.339 e. The molecule has 1 aliphatic rings. The molecule has 0 saturated carbocycles. The van der Waals surface area contributed by atoms with E-state index in [9.17, 15) is 4.79 Å². The Bertz CT molecular complexity index is 389. The number of aromatic nitrogens is 2. The summed E-state index contributed by atoms with van der Waals surface area (Å²) in [5.41, 5.74) is 0.482. The van der Waals surface area contributed by atoms with Crippen molar-refractivity contribution in [1.82, 2.24) is 20.2 Å². The van der Waals surface area contributed by atoms with Crippen LogP contribution >= 0.6 is 11.6 Å². The summed E-state index contributed by atoms with van der Waals surface area (Å²) in [5, 5.41) is 3.43. The lowest BCUT2D eigenvalue weighted by molar-refractivity contribution is 0.0702. The van der Waals surface area contributed by atoms with Crippen LogP contribution in [0.3, 0.4) is 0 Å². The van der Waals surface area contributed by atoms with Gasteiger partial charge in [-0.05, 0) is 37.5 Å². The molecule has 1 aromatic heterocycles. The molecule has 0 aliphatic carbocycles. The maximum absolute atomic E-state index is 12.1. The first-order chi connectivity index (χ1) is 8.18. The van der Waals surface area contributed by atoms with Crippen LogP contribution in [0, 0.1) is 0 Å². The maximum atomic E-state index is 12.1. The van der Waals surface area contributed by atoms with Crippen molar-refractivity contribution in [3.05, 3.63) is 23.2 Å². The summed E-state index contributed by atoms with van der Waals surface area (Å²) in [5.74, 6) is -0.0476. The van der Waals surface area contributed by atoms with Crippen LogP contribution in [0.5, 0.6) is 0 Å². The second-order valence-electron chi connectivity index (χ2n) is 4.14. The summed E-state index contributed by atoms with van der Waals surface area (Å²) in [6, 6.07) is 0.291. The number of nitrogens with one attached hydrogen (secondary N) is 1. The predicted molar refractivity (Wildman–Crippen MR) is 65.0 cm³/mol. The number of halogens is 1. The van der Waals surface area contributed by atoms with Gasteiger partial charge in [0.1, 0.15) is 0 Å². The number of amides is 1. The normalized spacial score (nSPS) is 16.8. The monoisotopic (exact) mass is 254 g/mol. The van der Waals surface area contributed by atoms with Crippen LogP contribution in [-0.2, 0) is 0 Å². The van der Waals surface area contributed by atoms with E-state index >= 15 is 0 Å². The topological polar surface area (TPSA) is 58.1 Å². The van der Waals surface area contributed by atoms with Gasteiger partial charge in [-0.15, -0.1) is 0 Å². The highest BCUT2D eigenvalue weighted by Gasteiger charge is 2.23. The van der Waals surface area contributed by atoms with Crippen LogP contribution in [0.25, 0.3) is 0 Å². The van der Waals surface area contributed by atoms with Gasteiger partial charge in [-0.3, -0.25) is 4.79 Å². The zero-order valence-corrected chi connectivity index (χ0v) is 10.4. The lowest BCUT2D eigenvalue weighted by atomic mass is 10.0. The fraction of sp³-hybridized carbons (Fsp3) is 0.545. The molecule has 1 amide bonds. The van der Waals surface area contributed by atoms with E-state index in [1.807, 2.05) is 7.05 Å². The minimum absolute atomic E-state index is 0.0476. The molecule has 1 saturated heterocycles. The molecule has 1 fully saturated rings. The van der Waals surface area contributed by atoms with E-state index in [2.05, 4.69) is 15.3 Å². The highest BCUT2D eigenvalue weighted by molar-refractivity contribution is 6.28. The summed E-state index contributed by atoms with van der Waals surface area (Å²) >= 11 is 5.59. The smallest absolute Gasteiger partial charge is 0.256 e. The van der Waals surface area contributed by atoms with Crippen molar-refractivity contribution < 1.29 is 4.79 Å². The van der Waals surface area contributed by atoms with Crippen molar-refractivity contribution in [3.8, 4) is 0 Å². The first-order valence-corrected chi connectivity index (χ1v) is 6.01. The van der Waals surface area contributed by atoms with Crippen LogP contribution in [0.4, 0.5) is 0 Å². The number of hydrogen-bond acceptors (Lipinski definition) is 4. The van der Waals surface area contributed by atoms with Gasteiger partial charge >= 0.3 is 0 Å². The molecular formula is C11H15ClN4O. The lowest BCUT2D eigenvalue weighted by Crippen LogP contribution is -2.44. The Kier molecular flexibility index (Phi) is 3.91. The van der Waals surface area contributed by atoms with E-state index in [0.717, 1.165) is 25.9 Å². The number of hydrogen-bond donors (Lipinski definition) is 1. The van der Waals surface area contributed by atoms with Crippen molar-refractivity contribution in [1.29, 1.82) is 0 Å². The minimum atomic E-state index is -0.0476. The van der Waals surface area contributed by atoms with Crippen molar-refractivity contribution in [3.63, 3.8) is 0 Å². The molecule has 1 aliphatic heterocycles. The third-order valence-corrected chi connectivity index (χ3v) is 3.24. The molecule has 1 aromatic rings. The van der Waals surface area contributed by atoms with E-state index in [-0.39, 0.29) is 11.2 Å². The van der Waals surface area contributed by atoms with Crippen LogP contribution in [0.15, 0.2) is 12.4 Å². The van der Waals surface area contributed by atoms with Crippen molar-refractivity contribution in [2.24, 2.45) is 0 Å². The van der Waals surface area contributed by atoms with Gasteiger partial charge in [-0.2, -0.15) is 0 Å². The van der Waals surface area contributed by atoms with Gasteiger partial charge in [-0.1, -0.05) is 0 Å². The molecule has 5 nitrogen and oxygen atoms in total. The summed E-state index contributed by atoms with van der Waals surface area (Å²) in [6.45, 7) is 1.92. The Hall–Kier alpha value is -1.20. The van der Waals surface area contributed by atoms with E-state index < -0.39 is 0 Å².